The van der Waals surface area contributed by atoms with Crippen LogP contribution in [0, 0.1) is 17.8 Å². The van der Waals surface area contributed by atoms with Gasteiger partial charge < -0.3 is 15.1 Å². The smallest absolute Gasteiger partial charge is 0.384 e. The van der Waals surface area contributed by atoms with Crippen LogP contribution in [0.1, 0.15) is 57.7 Å². The number of pyridine rings is 1. The second-order valence-corrected chi connectivity index (χ2v) is 10.3. The van der Waals surface area contributed by atoms with Crippen LogP contribution < -0.4 is 0 Å². The third-order valence-electron chi connectivity index (χ3n) is 7.03. The van der Waals surface area contributed by atoms with Gasteiger partial charge in [0.05, 0.1) is 22.2 Å². The van der Waals surface area contributed by atoms with Gasteiger partial charge in [-0.25, -0.2) is 0 Å². The molecule has 5 atom stereocenters. The average Bonchev–Trinajstić information content (AvgIpc) is 2.68. The number of piperidine rings is 1. The van der Waals surface area contributed by atoms with Crippen LogP contribution in [-0.2, 0) is 16.8 Å². The molecule has 2 heterocycles. The molecule has 0 unspecified atom stereocenters. The topological polar surface area (TPSA) is 73.7 Å². The summed E-state index contributed by atoms with van der Waals surface area (Å²) < 4.78 is 39.5. The van der Waals surface area contributed by atoms with Crippen molar-refractivity contribution in [3.05, 3.63) is 27.5 Å². The van der Waals surface area contributed by atoms with Crippen LogP contribution >= 0.6 is 23.2 Å². The Bertz CT molecular complexity index is 860. The highest BCUT2D eigenvalue weighted by atomic mass is 35.5. The van der Waals surface area contributed by atoms with Crippen LogP contribution in [0.15, 0.2) is 6.20 Å². The number of aliphatic hydroxyl groups excluding tert-OH is 1. The van der Waals surface area contributed by atoms with E-state index in [2.05, 4.69) is 4.98 Å². The Labute approximate surface area is 195 Å². The van der Waals surface area contributed by atoms with Crippen molar-refractivity contribution in [2.24, 2.45) is 17.8 Å². The van der Waals surface area contributed by atoms with Crippen LogP contribution in [0.3, 0.4) is 0 Å². The number of halogens is 5. The van der Waals surface area contributed by atoms with Gasteiger partial charge in [0.25, 0.3) is 0 Å². The number of aromatic nitrogens is 1. The van der Waals surface area contributed by atoms with Gasteiger partial charge in [-0.1, -0.05) is 29.6 Å². The van der Waals surface area contributed by atoms with E-state index in [0.717, 1.165) is 6.42 Å². The van der Waals surface area contributed by atoms with Crippen molar-refractivity contribution >= 4 is 29.1 Å². The summed E-state index contributed by atoms with van der Waals surface area (Å²) in [5, 5.41) is 20.5. The number of fused-ring (bicyclic) bond motifs is 1. The predicted molar refractivity (Wildman–Crippen MR) is 115 cm³/mol. The lowest BCUT2D eigenvalue weighted by molar-refractivity contribution is -0.233. The first-order valence-corrected chi connectivity index (χ1v) is 11.6. The maximum absolute atomic E-state index is 13.2. The molecular weight excluding hydrogens is 468 g/mol. The molecule has 2 fully saturated rings. The molecule has 180 valence electrons. The van der Waals surface area contributed by atoms with Gasteiger partial charge in [0.1, 0.15) is 5.60 Å². The molecule has 5 nitrogen and oxygen atoms in total. The molecule has 0 bridgehead atoms. The molecule has 1 amide bonds. The molecule has 10 heteroatoms. The van der Waals surface area contributed by atoms with E-state index >= 15 is 0 Å². The molecule has 1 saturated heterocycles. The molecule has 0 spiro atoms. The van der Waals surface area contributed by atoms with Crippen LogP contribution in [0.2, 0.25) is 10.0 Å². The number of aliphatic hydroxyl groups is 2. The van der Waals surface area contributed by atoms with E-state index in [9.17, 15) is 28.2 Å². The highest BCUT2D eigenvalue weighted by Gasteiger charge is 2.51. The third kappa shape index (κ3) is 5.03. The highest BCUT2D eigenvalue weighted by Crippen LogP contribution is 2.47. The van der Waals surface area contributed by atoms with E-state index in [1.165, 1.54) is 20.0 Å². The molecular formula is C22H29Cl2F3N2O3. The van der Waals surface area contributed by atoms with Crippen LogP contribution in [0.4, 0.5) is 13.2 Å². The van der Waals surface area contributed by atoms with Crippen molar-refractivity contribution in [1.82, 2.24) is 9.88 Å². The number of carbonyl (C=O) groups is 1. The summed E-state index contributed by atoms with van der Waals surface area (Å²) in [4.78, 5) is 19.0. The van der Waals surface area contributed by atoms with Gasteiger partial charge in [0.15, 0.2) is 6.10 Å². The summed E-state index contributed by atoms with van der Waals surface area (Å²) in [5.74, 6) is -1.47. The Kier molecular flexibility index (Phi) is 7.40. The van der Waals surface area contributed by atoms with Gasteiger partial charge in [-0.2, -0.15) is 13.2 Å². The molecule has 1 aliphatic heterocycles. The van der Waals surface area contributed by atoms with E-state index < -0.39 is 23.8 Å². The number of alkyl halides is 3. The second-order valence-electron chi connectivity index (χ2n) is 9.51. The Balaban J connectivity index is 1.78. The third-order valence-corrected chi connectivity index (χ3v) is 7.76. The van der Waals surface area contributed by atoms with E-state index in [4.69, 9.17) is 23.2 Å². The van der Waals surface area contributed by atoms with Gasteiger partial charge in [0.2, 0.25) is 5.91 Å². The number of likely N-dealkylation sites (tertiary alicyclic amines) is 1. The van der Waals surface area contributed by atoms with E-state index in [1.807, 2.05) is 6.92 Å². The molecule has 1 saturated carbocycles. The standard InChI is InChI=1S/C22H29Cl2F3N2O3/c1-11-12-5-4-6-14(20(31)22(25,26)27)13(12)7-8-29(11)17(30)9-15-16(23)10-28-19(18(15)24)21(2,3)32/h10-14,20,31-32H,4-9H2,1-3H3/t11-,12+,13+,14+,20-/m0/s1. The van der Waals surface area contributed by atoms with E-state index in [1.54, 1.807) is 4.90 Å². The Morgan fingerprint density at radius 1 is 1.25 bits per heavy atom. The first kappa shape index (κ1) is 25.5. The zero-order valence-electron chi connectivity index (χ0n) is 18.3. The largest absolute Gasteiger partial charge is 0.414 e. The summed E-state index contributed by atoms with van der Waals surface area (Å²) >= 11 is 12.7. The SMILES string of the molecule is C[C@H]1[C@H]2CCC[C@@H]([C@H](O)C(F)(F)F)[C@@H]2CCN1C(=O)Cc1c(Cl)cnc(C(C)(C)O)c1Cl. The minimum Gasteiger partial charge on any atom is -0.384 e. The highest BCUT2D eigenvalue weighted by molar-refractivity contribution is 6.36. The zero-order valence-corrected chi connectivity index (χ0v) is 19.8. The number of rotatable bonds is 4. The molecule has 0 radical (unpaired) electrons. The normalized spacial score (nSPS) is 27.8. The average molecular weight is 497 g/mol. The summed E-state index contributed by atoms with van der Waals surface area (Å²) in [7, 11) is 0. The molecule has 2 N–H and O–H groups in total. The molecule has 1 aromatic heterocycles. The predicted octanol–water partition coefficient (Wildman–Crippen LogP) is 4.73. The van der Waals surface area contributed by atoms with Gasteiger partial charge in [0, 0.05) is 24.3 Å². The van der Waals surface area contributed by atoms with E-state index in [0.29, 0.717) is 31.4 Å². The van der Waals surface area contributed by atoms with Crippen molar-refractivity contribution in [1.29, 1.82) is 0 Å². The minimum atomic E-state index is -4.64. The number of hydrogen-bond donors (Lipinski definition) is 2. The number of carbonyl (C=O) groups excluding carboxylic acids is 1. The number of nitrogens with zero attached hydrogens (tertiary/aromatic N) is 2. The van der Waals surface area contributed by atoms with Crippen molar-refractivity contribution < 1.29 is 28.2 Å². The minimum absolute atomic E-state index is 0.0976. The van der Waals surface area contributed by atoms with Gasteiger partial charge in [-0.3, -0.25) is 9.78 Å². The summed E-state index contributed by atoms with van der Waals surface area (Å²) in [5.41, 5.74) is -0.732. The summed E-state index contributed by atoms with van der Waals surface area (Å²) in [6, 6.07) is -0.266. The van der Waals surface area contributed by atoms with Gasteiger partial charge in [-0.15, -0.1) is 0 Å². The van der Waals surface area contributed by atoms with Crippen molar-refractivity contribution in [3.8, 4) is 0 Å². The number of hydrogen-bond acceptors (Lipinski definition) is 4. The van der Waals surface area contributed by atoms with Crippen LogP contribution in [-0.4, -0.2) is 50.9 Å². The number of amides is 1. The maximum Gasteiger partial charge on any atom is 0.414 e. The van der Waals surface area contributed by atoms with Crippen molar-refractivity contribution in [3.63, 3.8) is 0 Å². The fourth-order valence-corrected chi connectivity index (χ4v) is 6.12. The van der Waals surface area contributed by atoms with E-state index in [-0.39, 0.29) is 45.9 Å². The fourth-order valence-electron chi connectivity index (χ4n) is 5.42. The summed E-state index contributed by atoms with van der Waals surface area (Å²) in [6.45, 7) is 5.22. The lowest BCUT2D eigenvalue weighted by Gasteiger charge is -2.50. The first-order valence-electron chi connectivity index (χ1n) is 10.8. The Morgan fingerprint density at radius 2 is 1.91 bits per heavy atom. The summed E-state index contributed by atoms with van der Waals surface area (Å²) in [6.07, 6.45) is -3.67. The Hall–Kier alpha value is -1.09. The molecule has 1 aromatic rings. The monoisotopic (exact) mass is 496 g/mol. The maximum atomic E-state index is 13.2. The quantitative estimate of drug-likeness (QED) is 0.631. The van der Waals surface area contributed by atoms with Gasteiger partial charge in [-0.05, 0) is 57.8 Å². The lowest BCUT2D eigenvalue weighted by atomic mass is 9.64. The molecule has 3 rings (SSSR count). The van der Waals surface area contributed by atoms with Crippen LogP contribution in [0.25, 0.3) is 0 Å². The molecule has 0 aromatic carbocycles. The van der Waals surface area contributed by atoms with Crippen LogP contribution in [0.5, 0.6) is 0 Å². The molecule has 1 aliphatic carbocycles. The van der Waals surface area contributed by atoms with Gasteiger partial charge >= 0.3 is 6.18 Å². The second kappa shape index (κ2) is 9.28. The molecule has 32 heavy (non-hydrogen) atoms. The zero-order chi connectivity index (χ0) is 24.0. The first-order chi connectivity index (χ1) is 14.7. The lowest BCUT2D eigenvalue weighted by Crippen LogP contribution is -2.55. The Morgan fingerprint density at radius 3 is 2.50 bits per heavy atom. The fraction of sp³-hybridized carbons (Fsp3) is 0.727. The van der Waals surface area contributed by atoms with Crippen molar-refractivity contribution in [2.45, 2.75) is 76.8 Å². The van der Waals surface area contributed by atoms with Crippen molar-refractivity contribution in [2.75, 3.05) is 6.54 Å². The molecule has 2 aliphatic rings.